The van der Waals surface area contributed by atoms with E-state index in [0.717, 1.165) is 11.8 Å². The van der Waals surface area contributed by atoms with E-state index in [4.69, 9.17) is 0 Å². The van der Waals surface area contributed by atoms with Crippen molar-refractivity contribution < 1.29 is 9.59 Å². The van der Waals surface area contributed by atoms with Gasteiger partial charge in [-0.2, -0.15) is 0 Å². The van der Waals surface area contributed by atoms with Gasteiger partial charge in [0.2, 0.25) is 0 Å². The van der Waals surface area contributed by atoms with Crippen LogP contribution in [0.3, 0.4) is 0 Å². The van der Waals surface area contributed by atoms with Crippen LogP contribution in [0.2, 0.25) is 0 Å². The summed E-state index contributed by atoms with van der Waals surface area (Å²) in [5, 5.41) is -0.0330. The lowest BCUT2D eigenvalue weighted by Crippen LogP contribution is -1.97. The van der Waals surface area contributed by atoms with Gasteiger partial charge in [0.15, 0.2) is 10.9 Å². The summed E-state index contributed by atoms with van der Waals surface area (Å²) >= 11 is 1.06. The van der Waals surface area contributed by atoms with Crippen molar-refractivity contribution in [2.75, 3.05) is 0 Å². The molecule has 1 rings (SSSR count). The van der Waals surface area contributed by atoms with Gasteiger partial charge in [-0.1, -0.05) is 30.5 Å². The second-order valence-corrected chi connectivity index (χ2v) is 3.88. The highest BCUT2D eigenvalue weighted by Gasteiger charge is 2.09. The summed E-state index contributed by atoms with van der Waals surface area (Å²) in [6.07, 6.45) is 1.25. The molecular formula is C11H10O2S. The molecule has 0 aliphatic carbocycles. The highest BCUT2D eigenvalue weighted by Crippen LogP contribution is 2.23. The zero-order chi connectivity index (χ0) is 10.6. The van der Waals surface area contributed by atoms with Crippen LogP contribution in [-0.4, -0.2) is 10.9 Å². The minimum Gasteiger partial charge on any atom is -0.289 e. The van der Waals surface area contributed by atoms with E-state index in [1.807, 2.05) is 0 Å². The molecule has 0 saturated heterocycles. The van der Waals surface area contributed by atoms with E-state index in [1.54, 1.807) is 24.3 Å². The smallest absolute Gasteiger partial charge is 0.190 e. The second kappa shape index (κ2) is 4.77. The lowest BCUT2D eigenvalue weighted by atomic mass is 10.1. The fourth-order valence-electron chi connectivity index (χ4n) is 1.02. The second-order valence-electron chi connectivity index (χ2n) is 2.66. The fraction of sp³-hybridized carbons (Fsp3) is 0.0909. The van der Waals surface area contributed by atoms with Crippen molar-refractivity contribution in [3.05, 3.63) is 42.5 Å². The monoisotopic (exact) mass is 206 g/mol. The normalized spacial score (nSPS) is 9.50. The quantitative estimate of drug-likeness (QED) is 0.433. The number of carbonyl (C=O) groups excluding carboxylic acids is 2. The molecule has 0 fully saturated rings. The Hall–Kier alpha value is -1.35. The molecule has 0 saturated carbocycles. The predicted molar refractivity (Wildman–Crippen MR) is 57.5 cm³/mol. The first kappa shape index (κ1) is 10.7. The Bertz CT molecular complexity index is 383. The molecule has 0 aliphatic rings. The molecule has 0 spiro atoms. The molecular weight excluding hydrogens is 196 g/mol. The van der Waals surface area contributed by atoms with E-state index in [2.05, 4.69) is 6.58 Å². The summed E-state index contributed by atoms with van der Waals surface area (Å²) in [6, 6.07) is 7.00. The van der Waals surface area contributed by atoms with Crippen LogP contribution in [0, 0.1) is 0 Å². The van der Waals surface area contributed by atoms with Crippen molar-refractivity contribution in [1.29, 1.82) is 0 Å². The summed E-state index contributed by atoms with van der Waals surface area (Å²) < 4.78 is 0. The molecule has 1 aromatic rings. The first-order valence-corrected chi connectivity index (χ1v) is 4.91. The molecule has 3 heteroatoms. The third kappa shape index (κ3) is 2.57. The zero-order valence-electron chi connectivity index (χ0n) is 7.82. The Kier molecular flexibility index (Phi) is 3.65. The minimum absolute atomic E-state index is 0.0330. The number of thioether (sulfide) groups is 1. The Morgan fingerprint density at radius 1 is 1.36 bits per heavy atom. The fourth-order valence-corrected chi connectivity index (χ4v) is 1.76. The molecule has 0 unspecified atom stereocenters. The molecule has 1 aromatic carbocycles. The first-order valence-electron chi connectivity index (χ1n) is 4.09. The maximum atomic E-state index is 11.4. The van der Waals surface area contributed by atoms with Crippen LogP contribution in [0.25, 0.3) is 0 Å². The number of benzene rings is 1. The van der Waals surface area contributed by atoms with E-state index >= 15 is 0 Å². The standard InChI is InChI=1S/C11H10O2S/c1-3-10(13)9-6-4-5-7-11(9)14-8(2)12/h3-7H,1H2,2H3. The van der Waals surface area contributed by atoms with Crippen molar-refractivity contribution in [1.82, 2.24) is 0 Å². The molecule has 72 valence electrons. The number of hydrogen-bond acceptors (Lipinski definition) is 3. The van der Waals surface area contributed by atoms with Gasteiger partial charge in [0.1, 0.15) is 0 Å². The summed E-state index contributed by atoms with van der Waals surface area (Å²) in [5.74, 6) is -0.158. The molecule has 0 bridgehead atoms. The van der Waals surface area contributed by atoms with Gasteiger partial charge in [0.05, 0.1) is 0 Å². The van der Waals surface area contributed by atoms with Gasteiger partial charge in [-0.05, 0) is 18.2 Å². The number of carbonyl (C=O) groups is 2. The highest BCUT2D eigenvalue weighted by atomic mass is 32.2. The summed E-state index contributed by atoms with van der Waals surface area (Å²) in [7, 11) is 0. The molecule has 0 amide bonds. The van der Waals surface area contributed by atoms with Crippen LogP contribution in [0.5, 0.6) is 0 Å². The third-order valence-electron chi connectivity index (χ3n) is 1.59. The molecule has 0 N–H and O–H groups in total. The molecule has 0 heterocycles. The molecule has 0 radical (unpaired) electrons. The van der Waals surface area contributed by atoms with Gasteiger partial charge in [-0.3, -0.25) is 9.59 Å². The van der Waals surface area contributed by atoms with Crippen molar-refractivity contribution >= 4 is 22.7 Å². The predicted octanol–water partition coefficient (Wildman–Crippen LogP) is 2.69. The minimum atomic E-state index is -0.158. The van der Waals surface area contributed by atoms with Crippen molar-refractivity contribution in [2.45, 2.75) is 11.8 Å². The van der Waals surface area contributed by atoms with Gasteiger partial charge in [0, 0.05) is 17.4 Å². The van der Waals surface area contributed by atoms with Gasteiger partial charge < -0.3 is 0 Å². The lowest BCUT2D eigenvalue weighted by Gasteiger charge is -2.02. The largest absolute Gasteiger partial charge is 0.289 e. The summed E-state index contributed by atoms with van der Waals surface area (Å²) in [5.41, 5.74) is 0.530. The summed E-state index contributed by atoms with van der Waals surface area (Å²) in [4.78, 5) is 23.0. The molecule has 0 atom stereocenters. The van der Waals surface area contributed by atoms with Gasteiger partial charge in [-0.15, -0.1) is 0 Å². The Balaban J connectivity index is 3.08. The van der Waals surface area contributed by atoms with E-state index in [1.165, 1.54) is 13.0 Å². The van der Waals surface area contributed by atoms with E-state index < -0.39 is 0 Å². The van der Waals surface area contributed by atoms with Crippen molar-refractivity contribution in [3.63, 3.8) is 0 Å². The Labute approximate surface area is 87.0 Å². The van der Waals surface area contributed by atoms with Crippen LogP contribution in [0.15, 0.2) is 41.8 Å². The van der Waals surface area contributed by atoms with Gasteiger partial charge in [-0.25, -0.2) is 0 Å². The first-order chi connectivity index (χ1) is 6.65. The van der Waals surface area contributed by atoms with Crippen molar-refractivity contribution in [3.8, 4) is 0 Å². The Morgan fingerprint density at radius 2 is 2.00 bits per heavy atom. The summed E-state index contributed by atoms with van der Waals surface area (Å²) in [6.45, 7) is 4.89. The third-order valence-corrected chi connectivity index (χ3v) is 2.45. The van der Waals surface area contributed by atoms with E-state index in [0.29, 0.717) is 10.5 Å². The average molecular weight is 206 g/mol. The van der Waals surface area contributed by atoms with Gasteiger partial charge >= 0.3 is 0 Å². The van der Waals surface area contributed by atoms with Crippen LogP contribution in [-0.2, 0) is 4.79 Å². The SMILES string of the molecule is C=CC(=O)c1ccccc1SC(C)=O. The zero-order valence-corrected chi connectivity index (χ0v) is 8.64. The molecule has 0 aliphatic heterocycles. The van der Waals surface area contributed by atoms with Crippen LogP contribution < -0.4 is 0 Å². The number of allylic oxidation sites excluding steroid dienone is 1. The average Bonchev–Trinajstić information content (AvgIpc) is 2.16. The number of hydrogen-bond donors (Lipinski definition) is 0. The van der Waals surface area contributed by atoms with E-state index in [-0.39, 0.29) is 10.9 Å². The van der Waals surface area contributed by atoms with Crippen LogP contribution in [0.4, 0.5) is 0 Å². The highest BCUT2D eigenvalue weighted by molar-refractivity contribution is 8.13. The number of rotatable bonds is 3. The molecule has 2 nitrogen and oxygen atoms in total. The van der Waals surface area contributed by atoms with Gasteiger partial charge in [0.25, 0.3) is 0 Å². The Morgan fingerprint density at radius 3 is 2.57 bits per heavy atom. The van der Waals surface area contributed by atoms with E-state index in [9.17, 15) is 9.59 Å². The maximum absolute atomic E-state index is 11.4. The van der Waals surface area contributed by atoms with Crippen molar-refractivity contribution in [2.24, 2.45) is 0 Å². The topological polar surface area (TPSA) is 34.1 Å². The molecule has 14 heavy (non-hydrogen) atoms. The number of ketones is 1. The molecule has 0 aromatic heterocycles. The maximum Gasteiger partial charge on any atom is 0.190 e. The van der Waals surface area contributed by atoms with Crippen LogP contribution >= 0.6 is 11.8 Å². The lowest BCUT2D eigenvalue weighted by molar-refractivity contribution is -0.109. The van der Waals surface area contributed by atoms with Crippen LogP contribution in [0.1, 0.15) is 17.3 Å².